The fourth-order valence-electron chi connectivity index (χ4n) is 2.19. The number of ether oxygens (including phenoxy) is 2. The molecule has 0 fully saturated rings. The third-order valence-corrected chi connectivity index (χ3v) is 3.37. The minimum absolute atomic E-state index is 0.266. The zero-order valence-corrected chi connectivity index (χ0v) is 12.1. The molecule has 1 aromatic rings. The topological polar surface area (TPSA) is 64.8 Å². The maximum atomic E-state index is 10.9. The fourth-order valence-corrected chi connectivity index (χ4v) is 2.19. The maximum absolute atomic E-state index is 10.9. The Morgan fingerprint density at radius 3 is 2.65 bits per heavy atom. The Labute approximate surface area is 119 Å². The molecule has 20 heavy (non-hydrogen) atoms. The van der Waals surface area contributed by atoms with Crippen LogP contribution in [0.3, 0.4) is 0 Å². The average Bonchev–Trinajstić information content (AvgIpc) is 2.42. The number of carbonyl (C=O) groups is 1. The Morgan fingerprint density at radius 1 is 1.30 bits per heavy atom. The van der Waals surface area contributed by atoms with E-state index in [1.807, 2.05) is 18.2 Å². The van der Waals surface area contributed by atoms with Crippen molar-refractivity contribution in [2.45, 2.75) is 32.9 Å². The lowest BCUT2D eigenvalue weighted by Crippen LogP contribution is -2.33. The zero-order valence-electron chi connectivity index (χ0n) is 12.1. The highest BCUT2D eigenvalue weighted by Gasteiger charge is 2.15. The molecule has 1 heterocycles. The van der Waals surface area contributed by atoms with Gasteiger partial charge in [-0.25, -0.2) is 0 Å². The molecule has 1 aromatic carbocycles. The van der Waals surface area contributed by atoms with Gasteiger partial charge in [0.05, 0.1) is 0 Å². The second-order valence-corrected chi connectivity index (χ2v) is 5.26. The number of rotatable bonds is 6. The number of nitrogens with two attached hydrogens (primary N) is 1. The van der Waals surface area contributed by atoms with Crippen LogP contribution in [0.4, 0.5) is 0 Å². The third kappa shape index (κ3) is 3.87. The molecule has 0 aliphatic carbocycles. The second kappa shape index (κ2) is 6.61. The van der Waals surface area contributed by atoms with Crippen LogP contribution in [0, 0.1) is 0 Å². The zero-order chi connectivity index (χ0) is 14.5. The predicted molar refractivity (Wildman–Crippen MR) is 76.8 cm³/mol. The van der Waals surface area contributed by atoms with Crippen LogP contribution < -0.4 is 15.2 Å². The predicted octanol–water partition coefficient (Wildman–Crippen LogP) is 1.54. The molecule has 0 spiro atoms. The number of primary amides is 1. The first-order valence-electron chi connectivity index (χ1n) is 6.97. The molecular weight excluding hydrogens is 256 g/mol. The molecule has 0 atom stereocenters. The number of nitrogens with zero attached hydrogens (tertiary/aromatic N) is 1. The molecule has 5 nitrogen and oxygen atoms in total. The first-order valence-corrected chi connectivity index (χ1v) is 6.97. The number of hydrogen-bond donors (Lipinski definition) is 1. The van der Waals surface area contributed by atoms with Gasteiger partial charge in [-0.05, 0) is 31.5 Å². The Bertz CT molecular complexity index is 474. The normalized spacial score (nSPS) is 13.8. The monoisotopic (exact) mass is 278 g/mol. The Hall–Kier alpha value is -1.75. The number of amides is 1. The van der Waals surface area contributed by atoms with E-state index in [1.54, 1.807) is 0 Å². The Balaban J connectivity index is 2.04. The van der Waals surface area contributed by atoms with Crippen molar-refractivity contribution in [2.75, 3.05) is 19.8 Å². The summed E-state index contributed by atoms with van der Waals surface area (Å²) in [5.41, 5.74) is 6.37. The summed E-state index contributed by atoms with van der Waals surface area (Å²) in [6, 6.07) is 6.33. The van der Waals surface area contributed by atoms with Crippen LogP contribution in [0.25, 0.3) is 0 Å². The van der Waals surface area contributed by atoms with E-state index >= 15 is 0 Å². The summed E-state index contributed by atoms with van der Waals surface area (Å²) in [5, 5.41) is 0. The standard InChI is InChI=1S/C15H22N2O3/c1-11(2)17(6-5-15(16)18)10-12-3-4-13-14(9-12)20-8-7-19-13/h3-4,9,11H,5-8,10H2,1-2H3,(H2,16,18). The molecule has 1 aliphatic heterocycles. The smallest absolute Gasteiger partial charge is 0.218 e. The van der Waals surface area contributed by atoms with E-state index < -0.39 is 0 Å². The van der Waals surface area contributed by atoms with Crippen LogP contribution in [0.5, 0.6) is 11.5 Å². The van der Waals surface area contributed by atoms with Crippen LogP contribution in [0.1, 0.15) is 25.8 Å². The first kappa shape index (κ1) is 14.7. The molecule has 0 bridgehead atoms. The van der Waals surface area contributed by atoms with Crippen LogP contribution >= 0.6 is 0 Å². The van der Waals surface area contributed by atoms with Crippen LogP contribution in [-0.2, 0) is 11.3 Å². The van der Waals surface area contributed by atoms with Crippen LogP contribution in [0.2, 0.25) is 0 Å². The SMILES string of the molecule is CC(C)N(CCC(N)=O)Cc1ccc2c(c1)OCCO2. The summed E-state index contributed by atoms with van der Waals surface area (Å²) in [7, 11) is 0. The van der Waals surface area contributed by atoms with Crippen molar-refractivity contribution in [1.82, 2.24) is 4.90 Å². The van der Waals surface area contributed by atoms with E-state index in [-0.39, 0.29) is 5.91 Å². The third-order valence-electron chi connectivity index (χ3n) is 3.37. The molecule has 2 rings (SSSR count). The molecule has 0 aromatic heterocycles. The highest BCUT2D eigenvalue weighted by molar-refractivity contribution is 5.73. The number of benzene rings is 1. The van der Waals surface area contributed by atoms with Gasteiger partial charge in [-0.1, -0.05) is 6.07 Å². The van der Waals surface area contributed by atoms with E-state index in [0.717, 1.165) is 23.6 Å². The van der Waals surface area contributed by atoms with E-state index in [2.05, 4.69) is 18.7 Å². The van der Waals surface area contributed by atoms with Gasteiger partial charge in [0, 0.05) is 25.6 Å². The van der Waals surface area contributed by atoms with Gasteiger partial charge in [0.1, 0.15) is 13.2 Å². The lowest BCUT2D eigenvalue weighted by atomic mass is 10.1. The molecule has 0 saturated carbocycles. The molecule has 5 heteroatoms. The van der Waals surface area contributed by atoms with Gasteiger partial charge >= 0.3 is 0 Å². The van der Waals surface area contributed by atoms with Crippen molar-refractivity contribution >= 4 is 5.91 Å². The van der Waals surface area contributed by atoms with Crippen molar-refractivity contribution in [3.8, 4) is 11.5 Å². The van der Waals surface area contributed by atoms with Gasteiger partial charge in [-0.15, -0.1) is 0 Å². The molecule has 1 amide bonds. The van der Waals surface area contributed by atoms with Crippen molar-refractivity contribution in [3.63, 3.8) is 0 Å². The fraction of sp³-hybridized carbons (Fsp3) is 0.533. The first-order chi connectivity index (χ1) is 9.56. The van der Waals surface area contributed by atoms with E-state index in [9.17, 15) is 4.79 Å². The van der Waals surface area contributed by atoms with E-state index in [1.165, 1.54) is 0 Å². The van der Waals surface area contributed by atoms with Crippen molar-refractivity contribution in [1.29, 1.82) is 0 Å². The van der Waals surface area contributed by atoms with Gasteiger partial charge in [-0.2, -0.15) is 0 Å². The minimum Gasteiger partial charge on any atom is -0.486 e. The maximum Gasteiger partial charge on any atom is 0.218 e. The van der Waals surface area contributed by atoms with Crippen molar-refractivity contribution < 1.29 is 14.3 Å². The van der Waals surface area contributed by atoms with E-state index in [4.69, 9.17) is 15.2 Å². The summed E-state index contributed by atoms with van der Waals surface area (Å²) in [4.78, 5) is 13.1. The highest BCUT2D eigenvalue weighted by Crippen LogP contribution is 2.31. The van der Waals surface area contributed by atoms with Gasteiger partial charge in [-0.3, -0.25) is 9.69 Å². The number of carbonyl (C=O) groups excluding carboxylic acids is 1. The second-order valence-electron chi connectivity index (χ2n) is 5.26. The molecule has 0 unspecified atom stereocenters. The summed E-state index contributed by atoms with van der Waals surface area (Å²) < 4.78 is 11.1. The number of fused-ring (bicyclic) bond motifs is 1. The van der Waals surface area contributed by atoms with Gasteiger partial charge < -0.3 is 15.2 Å². The Morgan fingerprint density at radius 2 is 2.00 bits per heavy atom. The quantitative estimate of drug-likeness (QED) is 0.857. The molecule has 110 valence electrons. The van der Waals surface area contributed by atoms with Gasteiger partial charge in [0.25, 0.3) is 0 Å². The largest absolute Gasteiger partial charge is 0.486 e. The summed E-state index contributed by atoms with van der Waals surface area (Å²) >= 11 is 0. The van der Waals surface area contributed by atoms with Gasteiger partial charge in [0.2, 0.25) is 5.91 Å². The highest BCUT2D eigenvalue weighted by atomic mass is 16.6. The summed E-state index contributed by atoms with van der Waals surface area (Å²) in [5.74, 6) is 1.33. The summed E-state index contributed by atoms with van der Waals surface area (Å²) in [6.07, 6.45) is 0.378. The van der Waals surface area contributed by atoms with Crippen LogP contribution in [0.15, 0.2) is 18.2 Å². The van der Waals surface area contributed by atoms with E-state index in [0.29, 0.717) is 32.2 Å². The van der Waals surface area contributed by atoms with Crippen LogP contribution in [-0.4, -0.2) is 36.6 Å². The molecule has 0 radical (unpaired) electrons. The number of hydrogen-bond acceptors (Lipinski definition) is 4. The van der Waals surface area contributed by atoms with Crippen molar-refractivity contribution in [3.05, 3.63) is 23.8 Å². The minimum atomic E-state index is -0.266. The van der Waals surface area contributed by atoms with Crippen molar-refractivity contribution in [2.24, 2.45) is 5.73 Å². The molecule has 0 saturated heterocycles. The lowest BCUT2D eigenvalue weighted by Gasteiger charge is -2.27. The molecule has 1 aliphatic rings. The Kier molecular flexibility index (Phi) is 4.84. The van der Waals surface area contributed by atoms with Gasteiger partial charge in [0.15, 0.2) is 11.5 Å². The lowest BCUT2D eigenvalue weighted by molar-refractivity contribution is -0.118. The average molecular weight is 278 g/mol. The summed E-state index contributed by atoms with van der Waals surface area (Å²) in [6.45, 7) is 6.84. The molecular formula is C15H22N2O3. The molecule has 2 N–H and O–H groups in total.